The van der Waals surface area contributed by atoms with Crippen LogP contribution in [0.4, 0.5) is 0 Å². The van der Waals surface area contributed by atoms with Crippen LogP contribution < -0.4 is 4.74 Å². The van der Waals surface area contributed by atoms with Crippen LogP contribution in [0.1, 0.15) is 44.9 Å². The van der Waals surface area contributed by atoms with Crippen LogP contribution in [0.5, 0.6) is 5.75 Å². The summed E-state index contributed by atoms with van der Waals surface area (Å²) in [4.78, 5) is 2.43. The molecule has 0 aliphatic rings. The van der Waals surface area contributed by atoms with E-state index in [1.165, 1.54) is 5.56 Å². The standard InChI is InChI=1S/C16H25NO/c1-6-9-14-10-11-15(12-16(14)18-5)13(4)17(7-2)8-3/h6,9-13H,7-8H2,1-5H3/b9-6+. The maximum absolute atomic E-state index is 5.47. The SMILES string of the molecule is C/C=C/c1ccc(C(C)N(CC)CC)cc1OC. The van der Waals surface area contributed by atoms with E-state index >= 15 is 0 Å². The third-order valence-corrected chi connectivity index (χ3v) is 3.45. The smallest absolute Gasteiger partial charge is 0.126 e. The van der Waals surface area contributed by atoms with E-state index in [4.69, 9.17) is 4.74 Å². The summed E-state index contributed by atoms with van der Waals surface area (Å²) in [5.41, 5.74) is 2.44. The van der Waals surface area contributed by atoms with Crippen LogP contribution in [-0.2, 0) is 0 Å². The number of benzene rings is 1. The number of methoxy groups -OCH3 is 1. The highest BCUT2D eigenvalue weighted by Gasteiger charge is 2.13. The average Bonchev–Trinajstić information content (AvgIpc) is 2.40. The largest absolute Gasteiger partial charge is 0.496 e. The first-order valence-electron chi connectivity index (χ1n) is 6.72. The van der Waals surface area contributed by atoms with Gasteiger partial charge in [-0.1, -0.05) is 38.1 Å². The molecular formula is C16H25NO. The number of rotatable bonds is 6. The maximum Gasteiger partial charge on any atom is 0.126 e. The van der Waals surface area contributed by atoms with E-state index in [1.807, 2.05) is 13.0 Å². The Balaban J connectivity index is 3.04. The van der Waals surface area contributed by atoms with Crippen molar-refractivity contribution < 1.29 is 4.74 Å². The molecule has 1 aromatic rings. The molecule has 1 atom stereocenters. The van der Waals surface area contributed by atoms with Crippen LogP contribution in [0, 0.1) is 0 Å². The first-order chi connectivity index (χ1) is 8.67. The van der Waals surface area contributed by atoms with Crippen LogP contribution in [0.2, 0.25) is 0 Å². The summed E-state index contributed by atoms with van der Waals surface area (Å²) >= 11 is 0. The van der Waals surface area contributed by atoms with Crippen molar-refractivity contribution in [1.29, 1.82) is 0 Å². The van der Waals surface area contributed by atoms with Crippen LogP contribution >= 0.6 is 0 Å². The molecule has 0 aliphatic heterocycles. The zero-order valence-corrected chi connectivity index (χ0v) is 12.2. The lowest BCUT2D eigenvalue weighted by Crippen LogP contribution is -2.26. The predicted molar refractivity (Wildman–Crippen MR) is 79.0 cm³/mol. The van der Waals surface area contributed by atoms with E-state index in [9.17, 15) is 0 Å². The molecule has 0 radical (unpaired) electrons. The van der Waals surface area contributed by atoms with E-state index in [2.05, 4.69) is 49.9 Å². The Labute approximate surface area is 111 Å². The van der Waals surface area contributed by atoms with Crippen molar-refractivity contribution in [2.75, 3.05) is 20.2 Å². The lowest BCUT2D eigenvalue weighted by atomic mass is 10.0. The van der Waals surface area contributed by atoms with Crippen molar-refractivity contribution in [3.05, 3.63) is 35.4 Å². The van der Waals surface area contributed by atoms with Gasteiger partial charge in [-0.15, -0.1) is 0 Å². The van der Waals surface area contributed by atoms with E-state index in [1.54, 1.807) is 7.11 Å². The number of hydrogen-bond donors (Lipinski definition) is 0. The first-order valence-corrected chi connectivity index (χ1v) is 6.72. The first kappa shape index (κ1) is 14.8. The van der Waals surface area contributed by atoms with Gasteiger partial charge in [0.15, 0.2) is 0 Å². The van der Waals surface area contributed by atoms with Gasteiger partial charge in [-0.25, -0.2) is 0 Å². The fraction of sp³-hybridized carbons (Fsp3) is 0.500. The lowest BCUT2D eigenvalue weighted by molar-refractivity contribution is 0.234. The Kier molecular flexibility index (Phi) is 5.93. The highest BCUT2D eigenvalue weighted by atomic mass is 16.5. The predicted octanol–water partition coefficient (Wildman–Crippen LogP) is 4.13. The van der Waals surface area contributed by atoms with Gasteiger partial charge in [-0.05, 0) is 38.6 Å². The van der Waals surface area contributed by atoms with Gasteiger partial charge < -0.3 is 4.74 Å². The minimum Gasteiger partial charge on any atom is -0.496 e. The summed E-state index contributed by atoms with van der Waals surface area (Å²) in [6, 6.07) is 6.90. The lowest BCUT2D eigenvalue weighted by Gasteiger charge is -2.27. The van der Waals surface area contributed by atoms with E-state index < -0.39 is 0 Å². The van der Waals surface area contributed by atoms with Crippen molar-refractivity contribution in [1.82, 2.24) is 4.90 Å². The third kappa shape index (κ3) is 3.36. The van der Waals surface area contributed by atoms with Gasteiger partial charge in [0, 0.05) is 11.6 Å². The topological polar surface area (TPSA) is 12.5 Å². The second-order valence-corrected chi connectivity index (χ2v) is 4.40. The Morgan fingerprint density at radius 3 is 2.44 bits per heavy atom. The third-order valence-electron chi connectivity index (χ3n) is 3.45. The molecular weight excluding hydrogens is 222 g/mol. The Morgan fingerprint density at radius 1 is 1.28 bits per heavy atom. The Hall–Kier alpha value is -1.28. The number of nitrogens with zero attached hydrogens (tertiary/aromatic N) is 1. The highest BCUT2D eigenvalue weighted by Crippen LogP contribution is 2.27. The van der Waals surface area contributed by atoms with Crippen molar-refractivity contribution in [3.63, 3.8) is 0 Å². The molecule has 0 saturated carbocycles. The zero-order valence-electron chi connectivity index (χ0n) is 12.2. The molecule has 2 nitrogen and oxygen atoms in total. The molecule has 0 heterocycles. The van der Waals surface area contributed by atoms with Gasteiger partial charge >= 0.3 is 0 Å². The van der Waals surface area contributed by atoms with Crippen molar-refractivity contribution in [2.24, 2.45) is 0 Å². The molecule has 1 aromatic carbocycles. The summed E-state index contributed by atoms with van der Waals surface area (Å²) in [6.45, 7) is 10.8. The highest BCUT2D eigenvalue weighted by molar-refractivity contribution is 5.58. The molecule has 18 heavy (non-hydrogen) atoms. The molecule has 0 fully saturated rings. The van der Waals surface area contributed by atoms with Crippen LogP contribution in [0.25, 0.3) is 6.08 Å². The van der Waals surface area contributed by atoms with Gasteiger partial charge in [0.05, 0.1) is 7.11 Å². The molecule has 2 heteroatoms. The second-order valence-electron chi connectivity index (χ2n) is 4.40. The summed E-state index contributed by atoms with van der Waals surface area (Å²) in [5, 5.41) is 0. The van der Waals surface area contributed by atoms with E-state index in [0.29, 0.717) is 6.04 Å². The molecule has 0 aliphatic carbocycles. The fourth-order valence-electron chi connectivity index (χ4n) is 2.29. The van der Waals surface area contributed by atoms with Gasteiger partial charge in [0.25, 0.3) is 0 Å². The summed E-state index contributed by atoms with van der Waals surface area (Å²) < 4.78 is 5.47. The van der Waals surface area contributed by atoms with Crippen molar-refractivity contribution in [2.45, 2.75) is 33.7 Å². The maximum atomic E-state index is 5.47. The monoisotopic (exact) mass is 247 g/mol. The minimum absolute atomic E-state index is 0.425. The molecule has 0 spiro atoms. The van der Waals surface area contributed by atoms with Gasteiger partial charge in [0.1, 0.15) is 5.75 Å². The number of hydrogen-bond acceptors (Lipinski definition) is 2. The average molecular weight is 247 g/mol. The second kappa shape index (κ2) is 7.22. The van der Waals surface area contributed by atoms with Gasteiger partial charge in [0.2, 0.25) is 0 Å². The van der Waals surface area contributed by atoms with Crippen LogP contribution in [0.15, 0.2) is 24.3 Å². The quantitative estimate of drug-likeness (QED) is 0.749. The fourth-order valence-corrected chi connectivity index (χ4v) is 2.29. The van der Waals surface area contributed by atoms with Crippen molar-refractivity contribution in [3.8, 4) is 5.75 Å². The molecule has 0 N–H and O–H groups in total. The summed E-state index contributed by atoms with van der Waals surface area (Å²) in [5.74, 6) is 0.949. The normalized spacial score (nSPS) is 13.2. The molecule has 0 bridgehead atoms. The zero-order chi connectivity index (χ0) is 13.5. The van der Waals surface area contributed by atoms with Crippen LogP contribution in [-0.4, -0.2) is 25.1 Å². The van der Waals surface area contributed by atoms with E-state index in [0.717, 1.165) is 24.4 Å². The molecule has 0 saturated heterocycles. The van der Waals surface area contributed by atoms with Crippen LogP contribution in [0.3, 0.4) is 0 Å². The molecule has 1 rings (SSSR count). The van der Waals surface area contributed by atoms with Crippen molar-refractivity contribution >= 4 is 6.08 Å². The minimum atomic E-state index is 0.425. The Bertz CT molecular complexity index is 394. The number of allylic oxidation sites excluding steroid dienone is 1. The molecule has 0 amide bonds. The molecule has 0 aromatic heterocycles. The molecule has 1 unspecified atom stereocenters. The molecule has 100 valence electrons. The summed E-state index contributed by atoms with van der Waals surface area (Å²) in [7, 11) is 1.73. The summed E-state index contributed by atoms with van der Waals surface area (Å²) in [6.07, 6.45) is 4.11. The Morgan fingerprint density at radius 2 is 1.94 bits per heavy atom. The van der Waals surface area contributed by atoms with E-state index in [-0.39, 0.29) is 0 Å². The van der Waals surface area contributed by atoms with Gasteiger partial charge in [-0.3, -0.25) is 4.90 Å². The number of ether oxygens (including phenoxy) is 1. The van der Waals surface area contributed by atoms with Gasteiger partial charge in [-0.2, -0.15) is 0 Å².